The third kappa shape index (κ3) is 3.10. The second-order valence-electron chi connectivity index (χ2n) is 5.28. The van der Waals surface area contributed by atoms with E-state index in [9.17, 15) is 9.90 Å². The predicted octanol–water partition coefficient (Wildman–Crippen LogP) is 0.940. The molecule has 1 aliphatic carbocycles. The number of amides is 1. The molecule has 5 nitrogen and oxygen atoms in total. The maximum Gasteiger partial charge on any atom is 0.251 e. The Bertz CT molecular complexity index is 383. The lowest BCUT2D eigenvalue weighted by molar-refractivity contribution is -0.139. The molecular weight excluding hydrogens is 230 g/mol. The fourth-order valence-corrected chi connectivity index (χ4v) is 2.41. The minimum Gasteiger partial charge on any atom is -0.380 e. The minimum atomic E-state index is -1.12. The third-order valence-electron chi connectivity index (χ3n) is 3.52. The normalized spacial score (nSPS) is 19.7. The molecule has 5 heteroatoms. The number of carbonyl (C=O) groups is 1. The fraction of sp³-hybridized carbons (Fsp3) is 0.692. The van der Waals surface area contributed by atoms with Gasteiger partial charge in [-0.05, 0) is 37.7 Å². The molecule has 18 heavy (non-hydrogen) atoms. The van der Waals surface area contributed by atoms with Gasteiger partial charge in [0.1, 0.15) is 5.60 Å². The molecule has 1 aromatic heterocycles. The van der Waals surface area contributed by atoms with E-state index in [4.69, 9.17) is 0 Å². The zero-order chi connectivity index (χ0) is 13.0. The van der Waals surface area contributed by atoms with Crippen LogP contribution in [0.2, 0.25) is 0 Å². The van der Waals surface area contributed by atoms with Gasteiger partial charge in [0, 0.05) is 25.5 Å². The molecule has 2 rings (SSSR count). The molecule has 1 heterocycles. The van der Waals surface area contributed by atoms with Crippen LogP contribution in [0.3, 0.4) is 0 Å². The van der Waals surface area contributed by atoms with E-state index in [0.29, 0.717) is 25.3 Å². The van der Waals surface area contributed by atoms with Crippen LogP contribution in [-0.4, -0.2) is 32.9 Å². The third-order valence-corrected chi connectivity index (χ3v) is 3.52. The van der Waals surface area contributed by atoms with Crippen molar-refractivity contribution in [3.05, 3.63) is 18.5 Å². The Morgan fingerprint density at radius 2 is 2.28 bits per heavy atom. The lowest BCUT2D eigenvalue weighted by atomic mass is 10.0. The average Bonchev–Trinajstić information content (AvgIpc) is 2.98. The van der Waals surface area contributed by atoms with Crippen LogP contribution < -0.4 is 5.32 Å². The molecule has 1 fully saturated rings. The first-order chi connectivity index (χ1) is 8.60. The minimum absolute atomic E-state index is 0.215. The SMILES string of the molecule is CC(CNC(=O)C1(O)CCCC1)Cn1cccn1. The number of hydrogen-bond donors (Lipinski definition) is 2. The Morgan fingerprint density at radius 3 is 2.89 bits per heavy atom. The van der Waals surface area contributed by atoms with Gasteiger partial charge < -0.3 is 10.4 Å². The topological polar surface area (TPSA) is 67.2 Å². The largest absolute Gasteiger partial charge is 0.380 e. The van der Waals surface area contributed by atoms with Crippen molar-refractivity contribution in [3.63, 3.8) is 0 Å². The van der Waals surface area contributed by atoms with Crippen LogP contribution in [-0.2, 0) is 11.3 Å². The second-order valence-corrected chi connectivity index (χ2v) is 5.28. The maximum absolute atomic E-state index is 11.9. The molecule has 1 saturated carbocycles. The van der Waals surface area contributed by atoms with Crippen molar-refractivity contribution in [3.8, 4) is 0 Å². The zero-order valence-corrected chi connectivity index (χ0v) is 10.8. The van der Waals surface area contributed by atoms with Gasteiger partial charge >= 0.3 is 0 Å². The number of carbonyl (C=O) groups excluding carboxylic acids is 1. The van der Waals surface area contributed by atoms with Crippen LogP contribution in [0, 0.1) is 5.92 Å². The first-order valence-corrected chi connectivity index (χ1v) is 6.58. The average molecular weight is 251 g/mol. The van der Waals surface area contributed by atoms with E-state index >= 15 is 0 Å². The highest BCUT2D eigenvalue weighted by Crippen LogP contribution is 2.29. The van der Waals surface area contributed by atoms with Crippen molar-refractivity contribution in [2.24, 2.45) is 5.92 Å². The van der Waals surface area contributed by atoms with Gasteiger partial charge in [0.25, 0.3) is 5.91 Å². The van der Waals surface area contributed by atoms with Crippen LogP contribution in [0.15, 0.2) is 18.5 Å². The molecule has 0 bridgehead atoms. The Balaban J connectivity index is 1.75. The molecular formula is C13H21N3O2. The van der Waals surface area contributed by atoms with Crippen molar-refractivity contribution in [1.29, 1.82) is 0 Å². The molecule has 0 spiro atoms. The summed E-state index contributed by atoms with van der Waals surface area (Å²) >= 11 is 0. The summed E-state index contributed by atoms with van der Waals surface area (Å²) in [5.74, 6) is 0.0752. The summed E-state index contributed by atoms with van der Waals surface area (Å²) in [6.07, 6.45) is 6.70. The predicted molar refractivity (Wildman–Crippen MR) is 67.8 cm³/mol. The van der Waals surface area contributed by atoms with Crippen LogP contribution in [0.25, 0.3) is 0 Å². The summed E-state index contributed by atoms with van der Waals surface area (Å²) in [5, 5.41) is 17.1. The zero-order valence-electron chi connectivity index (χ0n) is 10.8. The molecule has 100 valence electrons. The number of nitrogens with one attached hydrogen (secondary N) is 1. The van der Waals surface area contributed by atoms with Crippen molar-refractivity contribution in [1.82, 2.24) is 15.1 Å². The van der Waals surface area contributed by atoms with Gasteiger partial charge in [-0.2, -0.15) is 5.10 Å². The first kappa shape index (κ1) is 13.1. The fourth-order valence-electron chi connectivity index (χ4n) is 2.41. The van der Waals surface area contributed by atoms with Crippen LogP contribution in [0.5, 0.6) is 0 Å². The van der Waals surface area contributed by atoms with Crippen molar-refractivity contribution in [2.75, 3.05) is 6.54 Å². The Morgan fingerprint density at radius 1 is 1.56 bits per heavy atom. The molecule has 0 radical (unpaired) electrons. The number of aromatic nitrogens is 2. The van der Waals surface area contributed by atoms with E-state index in [0.717, 1.165) is 19.4 Å². The molecule has 0 aromatic carbocycles. The molecule has 1 atom stereocenters. The molecule has 2 N–H and O–H groups in total. The molecule has 1 amide bonds. The van der Waals surface area contributed by atoms with E-state index < -0.39 is 5.60 Å². The van der Waals surface area contributed by atoms with E-state index in [-0.39, 0.29) is 5.91 Å². The van der Waals surface area contributed by atoms with Crippen molar-refractivity contribution < 1.29 is 9.90 Å². The molecule has 1 unspecified atom stereocenters. The monoisotopic (exact) mass is 251 g/mol. The van der Waals surface area contributed by atoms with Crippen LogP contribution >= 0.6 is 0 Å². The lowest BCUT2D eigenvalue weighted by Crippen LogP contribution is -2.46. The smallest absolute Gasteiger partial charge is 0.251 e. The molecule has 1 aromatic rings. The van der Waals surface area contributed by atoms with Gasteiger partial charge in [-0.1, -0.05) is 6.92 Å². The molecule has 0 saturated heterocycles. The molecule has 0 aliphatic heterocycles. The summed E-state index contributed by atoms with van der Waals surface area (Å²) in [4.78, 5) is 11.9. The highest BCUT2D eigenvalue weighted by molar-refractivity contribution is 5.85. The summed E-state index contributed by atoms with van der Waals surface area (Å²) in [5.41, 5.74) is -1.12. The Kier molecular flexibility index (Phi) is 4.01. The van der Waals surface area contributed by atoms with Gasteiger partial charge in [-0.25, -0.2) is 0 Å². The number of hydrogen-bond acceptors (Lipinski definition) is 3. The number of rotatable bonds is 5. The number of aliphatic hydroxyl groups is 1. The van der Waals surface area contributed by atoms with Crippen LogP contribution in [0.1, 0.15) is 32.6 Å². The van der Waals surface area contributed by atoms with Crippen molar-refractivity contribution in [2.45, 2.75) is 44.8 Å². The van der Waals surface area contributed by atoms with E-state index in [1.165, 1.54) is 0 Å². The van der Waals surface area contributed by atoms with Gasteiger partial charge in [-0.3, -0.25) is 9.48 Å². The highest BCUT2D eigenvalue weighted by atomic mass is 16.3. The Hall–Kier alpha value is -1.36. The maximum atomic E-state index is 11.9. The van der Waals surface area contributed by atoms with Gasteiger partial charge in [-0.15, -0.1) is 0 Å². The lowest BCUT2D eigenvalue weighted by Gasteiger charge is -2.22. The van der Waals surface area contributed by atoms with E-state index in [2.05, 4.69) is 17.3 Å². The highest BCUT2D eigenvalue weighted by Gasteiger charge is 2.38. The van der Waals surface area contributed by atoms with Gasteiger partial charge in [0.05, 0.1) is 0 Å². The number of nitrogens with zero attached hydrogens (tertiary/aromatic N) is 2. The molecule has 1 aliphatic rings. The summed E-state index contributed by atoms with van der Waals surface area (Å²) in [7, 11) is 0. The van der Waals surface area contributed by atoms with Crippen LogP contribution in [0.4, 0.5) is 0 Å². The van der Waals surface area contributed by atoms with Crippen molar-refractivity contribution >= 4 is 5.91 Å². The standard InChI is InChI=1S/C13H21N3O2/c1-11(10-16-8-4-7-15-16)9-14-12(17)13(18)5-2-3-6-13/h4,7-8,11,18H,2-3,5-6,9-10H2,1H3,(H,14,17). The van der Waals surface area contributed by atoms with Gasteiger partial charge in [0.2, 0.25) is 0 Å². The summed E-state index contributed by atoms with van der Waals surface area (Å²) < 4.78 is 1.85. The quantitative estimate of drug-likeness (QED) is 0.818. The Labute approximate surface area is 107 Å². The van der Waals surface area contributed by atoms with Gasteiger partial charge in [0.15, 0.2) is 0 Å². The second kappa shape index (κ2) is 5.52. The van der Waals surface area contributed by atoms with E-state index in [1.54, 1.807) is 6.20 Å². The summed E-state index contributed by atoms with van der Waals surface area (Å²) in [6, 6.07) is 1.88. The first-order valence-electron chi connectivity index (χ1n) is 6.58. The van der Waals surface area contributed by atoms with E-state index in [1.807, 2.05) is 16.9 Å². The summed E-state index contributed by atoms with van der Waals surface area (Å²) in [6.45, 7) is 3.40.